The van der Waals surface area contributed by atoms with Crippen LogP contribution in [0.5, 0.6) is 11.5 Å². The zero-order valence-corrected chi connectivity index (χ0v) is 15.8. The molecule has 6 heteroatoms. The third-order valence-corrected chi connectivity index (χ3v) is 3.81. The molecule has 0 saturated carbocycles. The molecule has 2 aromatic rings. The molecular weight excluding hydrogens is 346 g/mol. The maximum absolute atomic E-state index is 12.1. The molecule has 6 nitrogen and oxygen atoms in total. The first kappa shape index (κ1) is 20.0. The fourth-order valence-corrected chi connectivity index (χ4v) is 2.35. The number of nitrogens with one attached hydrogen (secondary N) is 1. The molecule has 0 unspecified atom stereocenters. The highest BCUT2D eigenvalue weighted by Crippen LogP contribution is 2.31. The lowest BCUT2D eigenvalue weighted by atomic mass is 10.1. The number of anilines is 1. The Morgan fingerprint density at radius 2 is 1.74 bits per heavy atom. The number of hydrogen-bond donors (Lipinski definition) is 1. The lowest BCUT2D eigenvalue weighted by Gasteiger charge is -2.13. The van der Waals surface area contributed by atoms with Crippen molar-refractivity contribution in [3.63, 3.8) is 0 Å². The Balaban J connectivity index is 1.97. The number of hydrogen-bond acceptors (Lipinski definition) is 5. The van der Waals surface area contributed by atoms with Gasteiger partial charge in [-0.3, -0.25) is 4.79 Å². The molecule has 1 N–H and O–H groups in total. The van der Waals surface area contributed by atoms with Gasteiger partial charge in [-0.15, -0.1) is 0 Å². The molecule has 1 amide bonds. The Bertz CT molecular complexity index is 827. The number of amides is 1. The quantitative estimate of drug-likeness (QED) is 0.596. The third-order valence-electron chi connectivity index (χ3n) is 3.81. The first-order valence-electron chi connectivity index (χ1n) is 8.41. The van der Waals surface area contributed by atoms with Crippen molar-refractivity contribution in [2.24, 2.45) is 0 Å². The lowest BCUT2D eigenvalue weighted by molar-refractivity contribution is -0.148. The van der Waals surface area contributed by atoms with Gasteiger partial charge in [0, 0.05) is 17.3 Å². The van der Waals surface area contributed by atoms with E-state index in [1.165, 1.54) is 27.2 Å². The van der Waals surface area contributed by atoms with Crippen molar-refractivity contribution in [3.8, 4) is 11.5 Å². The maximum atomic E-state index is 12.1. The molecule has 0 aromatic heterocycles. The van der Waals surface area contributed by atoms with Crippen LogP contribution in [-0.2, 0) is 14.3 Å². The Morgan fingerprint density at radius 3 is 2.37 bits per heavy atom. The first-order chi connectivity index (χ1) is 12.9. The molecule has 0 aliphatic rings. The zero-order chi connectivity index (χ0) is 19.8. The second-order valence-corrected chi connectivity index (χ2v) is 5.85. The number of aryl methyl sites for hydroxylation is 1. The minimum atomic E-state index is -0.935. The predicted molar refractivity (Wildman–Crippen MR) is 104 cm³/mol. The number of benzene rings is 2. The molecule has 0 bridgehead atoms. The van der Waals surface area contributed by atoms with Gasteiger partial charge in [0.2, 0.25) is 0 Å². The molecule has 0 heterocycles. The largest absolute Gasteiger partial charge is 0.493 e. The molecule has 142 valence electrons. The Labute approximate surface area is 158 Å². The average molecular weight is 369 g/mol. The fourth-order valence-electron chi connectivity index (χ4n) is 2.35. The number of carbonyl (C=O) groups is 2. The molecule has 0 aliphatic heterocycles. The topological polar surface area (TPSA) is 73.9 Å². The summed E-state index contributed by atoms with van der Waals surface area (Å²) >= 11 is 0. The summed E-state index contributed by atoms with van der Waals surface area (Å²) in [5, 5.41) is 2.70. The van der Waals surface area contributed by atoms with Gasteiger partial charge in [-0.1, -0.05) is 29.8 Å². The number of para-hydroxylation sites is 1. The molecule has 27 heavy (non-hydrogen) atoms. The van der Waals surface area contributed by atoms with Crippen molar-refractivity contribution >= 4 is 23.6 Å². The van der Waals surface area contributed by atoms with Crippen LogP contribution in [-0.4, -0.2) is 32.2 Å². The summed E-state index contributed by atoms with van der Waals surface area (Å²) < 4.78 is 15.7. The summed E-state index contributed by atoms with van der Waals surface area (Å²) in [5.74, 6) is 0.0269. The van der Waals surface area contributed by atoms with Crippen LogP contribution in [0.1, 0.15) is 18.1 Å². The summed E-state index contributed by atoms with van der Waals surface area (Å²) in [6.45, 7) is 3.47. The Morgan fingerprint density at radius 1 is 1.04 bits per heavy atom. The molecule has 0 spiro atoms. The van der Waals surface area contributed by atoms with Gasteiger partial charge in [-0.2, -0.15) is 0 Å². The van der Waals surface area contributed by atoms with Gasteiger partial charge in [-0.25, -0.2) is 4.79 Å². The van der Waals surface area contributed by atoms with Crippen LogP contribution in [0.25, 0.3) is 6.08 Å². The minimum absolute atomic E-state index is 0.403. The van der Waals surface area contributed by atoms with Crippen LogP contribution >= 0.6 is 0 Å². The standard InChI is InChI=1S/C21H23NO5/c1-14-8-11-17(12-9-14)22-21(24)15(2)27-19(23)13-10-16-6-5-7-18(25-3)20(16)26-4/h5-13,15H,1-4H3,(H,22,24)/b13-10+/t15-/m0/s1. The Hall–Kier alpha value is -3.28. The number of carbonyl (C=O) groups excluding carboxylic acids is 2. The monoisotopic (exact) mass is 369 g/mol. The highest BCUT2D eigenvalue weighted by atomic mass is 16.5. The summed E-state index contributed by atoms with van der Waals surface area (Å²) in [4.78, 5) is 24.2. The van der Waals surface area contributed by atoms with Crippen molar-refractivity contribution in [1.29, 1.82) is 0 Å². The highest BCUT2D eigenvalue weighted by molar-refractivity contribution is 5.96. The predicted octanol–water partition coefficient (Wildman–Crippen LogP) is 3.60. The van der Waals surface area contributed by atoms with E-state index in [1.807, 2.05) is 19.1 Å². The van der Waals surface area contributed by atoms with Gasteiger partial charge in [-0.05, 0) is 38.1 Å². The van der Waals surface area contributed by atoms with Crippen molar-refractivity contribution in [1.82, 2.24) is 0 Å². The van der Waals surface area contributed by atoms with Crippen LogP contribution in [0.3, 0.4) is 0 Å². The lowest BCUT2D eigenvalue weighted by Crippen LogP contribution is -2.29. The van der Waals surface area contributed by atoms with Gasteiger partial charge in [0.15, 0.2) is 17.6 Å². The van der Waals surface area contributed by atoms with E-state index in [-0.39, 0.29) is 0 Å². The summed E-state index contributed by atoms with van der Waals surface area (Å²) in [6.07, 6.45) is 1.86. The minimum Gasteiger partial charge on any atom is -0.493 e. The molecule has 1 atom stereocenters. The van der Waals surface area contributed by atoms with E-state index < -0.39 is 18.0 Å². The van der Waals surface area contributed by atoms with Gasteiger partial charge in [0.05, 0.1) is 14.2 Å². The first-order valence-corrected chi connectivity index (χ1v) is 8.41. The summed E-state index contributed by atoms with van der Waals surface area (Å²) in [7, 11) is 3.05. The SMILES string of the molecule is COc1cccc(/C=C/C(=O)O[C@@H](C)C(=O)Nc2ccc(C)cc2)c1OC. The van der Waals surface area contributed by atoms with E-state index in [0.29, 0.717) is 22.7 Å². The highest BCUT2D eigenvalue weighted by Gasteiger charge is 2.17. The zero-order valence-electron chi connectivity index (χ0n) is 15.8. The van der Waals surface area contributed by atoms with E-state index in [4.69, 9.17) is 14.2 Å². The van der Waals surface area contributed by atoms with Crippen molar-refractivity contribution in [2.75, 3.05) is 19.5 Å². The Kier molecular flexibility index (Phi) is 7.00. The number of rotatable bonds is 7. The van der Waals surface area contributed by atoms with E-state index in [0.717, 1.165) is 5.56 Å². The normalized spacial score (nSPS) is 11.7. The summed E-state index contributed by atoms with van der Waals surface area (Å²) in [6, 6.07) is 12.7. The van der Waals surface area contributed by atoms with Crippen LogP contribution in [0.15, 0.2) is 48.5 Å². The molecule has 2 aromatic carbocycles. The second kappa shape index (κ2) is 9.43. The van der Waals surface area contributed by atoms with Crippen molar-refractivity contribution < 1.29 is 23.8 Å². The van der Waals surface area contributed by atoms with Gasteiger partial charge < -0.3 is 19.5 Å². The summed E-state index contributed by atoms with van der Waals surface area (Å²) in [5.41, 5.74) is 2.39. The van der Waals surface area contributed by atoms with Crippen LogP contribution in [0.4, 0.5) is 5.69 Å². The van der Waals surface area contributed by atoms with Crippen molar-refractivity contribution in [3.05, 3.63) is 59.7 Å². The molecule has 0 radical (unpaired) electrons. The number of ether oxygens (including phenoxy) is 3. The van der Waals surface area contributed by atoms with Gasteiger partial charge >= 0.3 is 5.97 Å². The third kappa shape index (κ3) is 5.60. The van der Waals surface area contributed by atoms with Gasteiger partial charge in [0.1, 0.15) is 0 Å². The maximum Gasteiger partial charge on any atom is 0.331 e. The van der Waals surface area contributed by atoms with E-state index in [2.05, 4.69) is 5.32 Å². The van der Waals surface area contributed by atoms with Gasteiger partial charge in [0.25, 0.3) is 5.91 Å². The average Bonchev–Trinajstić information content (AvgIpc) is 2.67. The van der Waals surface area contributed by atoms with Crippen LogP contribution in [0, 0.1) is 6.92 Å². The molecule has 0 fully saturated rings. The molecule has 0 saturated heterocycles. The molecule has 2 rings (SSSR count). The molecule has 0 aliphatic carbocycles. The molecular formula is C21H23NO5. The van der Waals surface area contributed by atoms with E-state index in [9.17, 15) is 9.59 Å². The smallest absolute Gasteiger partial charge is 0.331 e. The van der Waals surface area contributed by atoms with E-state index >= 15 is 0 Å². The van der Waals surface area contributed by atoms with E-state index in [1.54, 1.807) is 36.4 Å². The fraction of sp³-hybridized carbons (Fsp3) is 0.238. The van der Waals surface area contributed by atoms with Crippen LogP contribution < -0.4 is 14.8 Å². The second-order valence-electron chi connectivity index (χ2n) is 5.85. The number of methoxy groups -OCH3 is 2. The van der Waals surface area contributed by atoms with Crippen LogP contribution in [0.2, 0.25) is 0 Å². The number of esters is 1. The van der Waals surface area contributed by atoms with Crippen molar-refractivity contribution in [2.45, 2.75) is 20.0 Å².